The van der Waals surface area contributed by atoms with E-state index in [9.17, 15) is 14.4 Å². The summed E-state index contributed by atoms with van der Waals surface area (Å²) >= 11 is 0. The predicted molar refractivity (Wildman–Crippen MR) is 182 cm³/mol. The number of methoxy groups -OCH3 is 1. The molecule has 0 radical (unpaired) electrons. The number of hydrogen-bond donors (Lipinski definition) is 2. The highest BCUT2D eigenvalue weighted by Gasteiger charge is 2.68. The van der Waals surface area contributed by atoms with Gasteiger partial charge in [-0.25, -0.2) is 14.6 Å². The lowest BCUT2D eigenvalue weighted by atomic mass is 9.43. The van der Waals surface area contributed by atoms with Crippen molar-refractivity contribution in [2.24, 2.45) is 17.3 Å². The third-order valence-electron chi connectivity index (χ3n) is 9.82. The van der Waals surface area contributed by atoms with E-state index in [-0.39, 0.29) is 30.3 Å². The molecule has 4 fully saturated rings. The lowest BCUT2D eigenvalue weighted by molar-refractivity contribution is -0.199. The predicted octanol–water partition coefficient (Wildman–Crippen LogP) is 5.93. The van der Waals surface area contributed by atoms with Crippen LogP contribution < -0.4 is 15.4 Å². The molecule has 2 aromatic rings. The van der Waals surface area contributed by atoms with Crippen molar-refractivity contribution >= 4 is 30.9 Å². The number of aromatic nitrogens is 1. The summed E-state index contributed by atoms with van der Waals surface area (Å²) < 4.78 is 30.1. The van der Waals surface area contributed by atoms with E-state index in [1.165, 1.54) is 7.11 Å². The third-order valence-corrected chi connectivity index (χ3v) is 9.82. The molecule has 2 heterocycles. The summed E-state index contributed by atoms with van der Waals surface area (Å²) in [7, 11) is 0.801. The van der Waals surface area contributed by atoms with Crippen LogP contribution in [0.5, 0.6) is 5.75 Å². The van der Waals surface area contributed by atoms with Crippen LogP contribution in [-0.2, 0) is 36.4 Å². The van der Waals surface area contributed by atoms with Gasteiger partial charge in [-0.2, -0.15) is 0 Å². The molecule has 3 aliphatic carbocycles. The number of rotatable bonds is 9. The topological polar surface area (TPSA) is 134 Å². The first-order valence-electron chi connectivity index (χ1n) is 16.8. The number of esters is 1. The number of benzene rings is 1. The van der Waals surface area contributed by atoms with Crippen LogP contribution >= 0.6 is 0 Å². The molecule has 0 spiro atoms. The van der Waals surface area contributed by atoms with E-state index in [1.807, 2.05) is 26.8 Å². The molecule has 48 heavy (non-hydrogen) atoms. The van der Waals surface area contributed by atoms with Crippen molar-refractivity contribution in [1.82, 2.24) is 10.3 Å². The fourth-order valence-electron chi connectivity index (χ4n) is 7.46. The summed E-state index contributed by atoms with van der Waals surface area (Å²) in [5, 5.41) is 5.77. The van der Waals surface area contributed by atoms with Gasteiger partial charge in [0.1, 0.15) is 28.3 Å². The molecule has 1 aromatic carbocycles. The van der Waals surface area contributed by atoms with Gasteiger partial charge in [0.25, 0.3) is 0 Å². The molecule has 5 unspecified atom stereocenters. The molecular formula is C36H50BN3O8. The minimum Gasteiger partial charge on any atom is -0.496 e. The zero-order valence-electron chi connectivity index (χ0n) is 29.9. The molecular weight excluding hydrogens is 613 g/mol. The van der Waals surface area contributed by atoms with Crippen LogP contribution in [0.25, 0.3) is 0 Å². The van der Waals surface area contributed by atoms with Gasteiger partial charge in [0.2, 0.25) is 5.91 Å². The second-order valence-corrected chi connectivity index (χ2v) is 16.1. The second kappa shape index (κ2) is 13.0. The van der Waals surface area contributed by atoms with Crippen molar-refractivity contribution in [1.29, 1.82) is 0 Å². The number of carbonyl (C=O) groups is 3. The molecule has 4 aliphatic rings. The van der Waals surface area contributed by atoms with Crippen molar-refractivity contribution in [2.75, 3.05) is 12.4 Å². The van der Waals surface area contributed by atoms with E-state index in [4.69, 9.17) is 23.5 Å². The number of carbonyl (C=O) groups excluding carboxylic acids is 3. The highest BCUT2D eigenvalue weighted by molar-refractivity contribution is 6.48. The first-order chi connectivity index (χ1) is 22.3. The maximum absolute atomic E-state index is 13.6. The van der Waals surface area contributed by atoms with E-state index in [1.54, 1.807) is 51.2 Å². The van der Waals surface area contributed by atoms with E-state index in [0.717, 1.165) is 12.8 Å². The van der Waals surface area contributed by atoms with Crippen LogP contribution in [0.4, 0.5) is 10.6 Å². The Balaban J connectivity index is 1.35. The van der Waals surface area contributed by atoms with Gasteiger partial charge in [-0.05, 0) is 108 Å². The summed E-state index contributed by atoms with van der Waals surface area (Å²) in [5.41, 5.74) is 0.0268. The largest absolute Gasteiger partial charge is 0.496 e. The minimum atomic E-state index is -0.715. The monoisotopic (exact) mass is 663 g/mol. The Morgan fingerprint density at radius 1 is 1.02 bits per heavy atom. The molecule has 5 atom stereocenters. The SMILES string of the molecule is COc1c(CC(NC(=O)Cc2ccc(NC(=O)OC(C)(C)C)nc2)B2OC3CC4CC(C4(C)C)C3(C)O2)cccc1C(=O)OC(C)(C)C. The van der Waals surface area contributed by atoms with E-state index in [0.29, 0.717) is 40.1 Å². The first kappa shape index (κ1) is 35.7. The molecule has 1 saturated heterocycles. The highest BCUT2D eigenvalue weighted by atomic mass is 16.7. The van der Waals surface area contributed by atoms with Gasteiger partial charge in [-0.1, -0.05) is 32.0 Å². The van der Waals surface area contributed by atoms with Crippen LogP contribution in [0, 0.1) is 17.3 Å². The minimum absolute atomic E-state index is 0.0381. The third kappa shape index (κ3) is 7.65. The maximum atomic E-state index is 13.6. The van der Waals surface area contributed by atoms with Crippen LogP contribution in [0.1, 0.15) is 96.6 Å². The van der Waals surface area contributed by atoms with Gasteiger partial charge in [-0.3, -0.25) is 10.1 Å². The Kier molecular flexibility index (Phi) is 9.66. The van der Waals surface area contributed by atoms with Crippen LogP contribution in [0.15, 0.2) is 36.5 Å². The Hall–Kier alpha value is -3.64. The molecule has 12 heteroatoms. The average molecular weight is 664 g/mol. The Morgan fingerprint density at radius 2 is 1.73 bits per heavy atom. The van der Waals surface area contributed by atoms with Crippen LogP contribution in [0.2, 0.25) is 0 Å². The molecule has 11 nitrogen and oxygen atoms in total. The van der Waals surface area contributed by atoms with Crippen molar-refractivity contribution in [3.63, 3.8) is 0 Å². The molecule has 2 bridgehead atoms. The summed E-state index contributed by atoms with van der Waals surface area (Å²) in [6.07, 6.45) is 3.19. The van der Waals surface area contributed by atoms with E-state index in [2.05, 4.69) is 36.4 Å². The second-order valence-electron chi connectivity index (χ2n) is 16.1. The Bertz CT molecular complexity index is 1530. The van der Waals surface area contributed by atoms with Gasteiger partial charge < -0.3 is 28.8 Å². The number of pyridine rings is 1. The Morgan fingerprint density at radius 3 is 2.33 bits per heavy atom. The fraction of sp³-hybridized carbons (Fsp3) is 0.611. The highest BCUT2D eigenvalue weighted by Crippen LogP contribution is 2.65. The number of para-hydroxylation sites is 1. The van der Waals surface area contributed by atoms with Gasteiger partial charge in [0.15, 0.2) is 0 Å². The summed E-state index contributed by atoms with van der Waals surface area (Å²) in [4.78, 5) is 43.1. The Labute approximate surface area is 284 Å². The number of hydrogen-bond acceptors (Lipinski definition) is 9. The molecule has 1 aromatic heterocycles. The van der Waals surface area contributed by atoms with E-state index >= 15 is 0 Å². The maximum Gasteiger partial charge on any atom is 0.482 e. The number of nitrogens with one attached hydrogen (secondary N) is 2. The number of nitrogens with zero attached hydrogens (tertiary/aromatic N) is 1. The number of ether oxygens (including phenoxy) is 3. The zero-order chi connectivity index (χ0) is 35.2. The molecule has 6 rings (SSSR count). The number of anilines is 1. The lowest BCUT2D eigenvalue weighted by Crippen LogP contribution is -2.65. The van der Waals surface area contributed by atoms with Gasteiger partial charge in [0.05, 0.1) is 31.2 Å². The summed E-state index contributed by atoms with van der Waals surface area (Å²) in [5.74, 6) is 0.271. The van der Waals surface area contributed by atoms with Crippen molar-refractivity contribution < 1.29 is 37.9 Å². The van der Waals surface area contributed by atoms with Crippen molar-refractivity contribution in [3.05, 3.63) is 53.2 Å². The van der Waals surface area contributed by atoms with Crippen LogP contribution in [0.3, 0.4) is 0 Å². The molecule has 260 valence electrons. The summed E-state index contributed by atoms with van der Waals surface area (Å²) in [6, 6.07) is 8.68. The van der Waals surface area contributed by atoms with Crippen molar-refractivity contribution in [2.45, 2.75) is 117 Å². The number of amides is 2. The van der Waals surface area contributed by atoms with Crippen molar-refractivity contribution in [3.8, 4) is 5.75 Å². The molecule has 2 N–H and O–H groups in total. The smallest absolute Gasteiger partial charge is 0.482 e. The lowest BCUT2D eigenvalue weighted by Gasteiger charge is -2.64. The first-order valence-corrected chi connectivity index (χ1v) is 16.8. The summed E-state index contributed by atoms with van der Waals surface area (Å²) in [6.45, 7) is 17.5. The molecule has 1 aliphatic heterocycles. The normalized spacial score (nSPS) is 24.9. The standard InChI is InChI=1S/C36H50BN3O8/c1-33(2,3)45-31(42)24-13-11-12-22(30(24)44-10)17-27(37-47-26-19-23-18-25(35(23,7)8)36(26,9)48-37)39-29(41)16-21-14-15-28(38-20-21)40-32(43)46-34(4,5)6/h11-15,20,23,25-27H,16-19H2,1-10H3,(H,39,41)(H,38,40,43). The molecule has 3 saturated carbocycles. The van der Waals surface area contributed by atoms with Gasteiger partial charge >= 0.3 is 19.2 Å². The van der Waals surface area contributed by atoms with Gasteiger partial charge in [-0.15, -0.1) is 0 Å². The zero-order valence-corrected chi connectivity index (χ0v) is 29.9. The van der Waals surface area contributed by atoms with E-state index < -0.39 is 41.9 Å². The fourth-order valence-corrected chi connectivity index (χ4v) is 7.46. The van der Waals surface area contributed by atoms with Gasteiger partial charge in [0, 0.05) is 6.20 Å². The average Bonchev–Trinajstić information content (AvgIpc) is 3.33. The van der Waals surface area contributed by atoms with Crippen LogP contribution in [-0.4, -0.2) is 66.0 Å². The molecule has 2 amide bonds. The quantitative estimate of drug-likeness (QED) is 0.247.